The average Bonchev–Trinajstić information content (AvgIpc) is 2.75. The van der Waals surface area contributed by atoms with E-state index in [0.717, 1.165) is 5.56 Å². The van der Waals surface area contributed by atoms with E-state index in [4.69, 9.17) is 4.74 Å². The van der Waals surface area contributed by atoms with Gasteiger partial charge in [-0.15, -0.1) is 0 Å². The van der Waals surface area contributed by atoms with Gasteiger partial charge in [-0.3, -0.25) is 9.59 Å². The fourth-order valence-corrected chi connectivity index (χ4v) is 2.87. The first-order valence-corrected chi connectivity index (χ1v) is 9.36. The molecule has 3 aromatic rings. The average molecular weight is 391 g/mol. The number of rotatable bonds is 7. The normalized spacial score (nSPS) is 12.7. The van der Waals surface area contributed by atoms with Crippen molar-refractivity contribution in [2.75, 3.05) is 0 Å². The maximum atomic E-state index is 13.0. The lowest BCUT2D eigenvalue weighted by molar-refractivity contribution is -0.127. The third kappa shape index (κ3) is 5.29. The van der Waals surface area contributed by atoms with Gasteiger partial charge in [0, 0.05) is 11.1 Å². The van der Waals surface area contributed by atoms with Crippen LogP contribution in [0.2, 0.25) is 0 Å². The molecule has 0 spiro atoms. The lowest BCUT2D eigenvalue weighted by atomic mass is 10.0. The largest absolute Gasteiger partial charge is 0.481 e. The van der Waals surface area contributed by atoms with E-state index in [9.17, 15) is 14.0 Å². The highest BCUT2D eigenvalue weighted by molar-refractivity contribution is 6.09. The Morgan fingerprint density at radius 3 is 1.97 bits per heavy atom. The van der Waals surface area contributed by atoms with Crippen molar-refractivity contribution in [2.45, 2.75) is 26.0 Å². The number of carbonyl (C=O) groups excluding carboxylic acids is 2. The quantitative estimate of drug-likeness (QED) is 0.594. The number of amides is 1. The minimum absolute atomic E-state index is 0.134. The first kappa shape index (κ1) is 20.3. The number of hydrogen-bond acceptors (Lipinski definition) is 3. The third-order valence-electron chi connectivity index (χ3n) is 4.56. The standard InChI is InChI=1S/C24H22FNO3/c1-16(18-6-4-3-5-7-18)26-24(28)17(2)29-22-14-10-20(11-15-22)23(27)19-8-12-21(25)13-9-19/h3-17H,1-2H3,(H,26,28). The molecule has 3 aromatic carbocycles. The highest BCUT2D eigenvalue weighted by Gasteiger charge is 2.18. The van der Waals surface area contributed by atoms with Crippen molar-refractivity contribution in [3.63, 3.8) is 0 Å². The minimum atomic E-state index is -0.695. The molecule has 1 N–H and O–H groups in total. The van der Waals surface area contributed by atoms with Crippen LogP contribution in [0.4, 0.5) is 4.39 Å². The molecule has 4 nitrogen and oxygen atoms in total. The van der Waals surface area contributed by atoms with Crippen LogP contribution in [0.1, 0.15) is 41.4 Å². The Bertz CT molecular complexity index is 969. The second-order valence-electron chi connectivity index (χ2n) is 6.76. The molecule has 29 heavy (non-hydrogen) atoms. The van der Waals surface area contributed by atoms with E-state index < -0.39 is 6.10 Å². The summed E-state index contributed by atoms with van der Waals surface area (Å²) in [5.74, 6) is -0.346. The van der Waals surface area contributed by atoms with Gasteiger partial charge in [-0.05, 0) is 67.9 Å². The zero-order valence-corrected chi connectivity index (χ0v) is 16.3. The molecule has 0 aliphatic heterocycles. The summed E-state index contributed by atoms with van der Waals surface area (Å²) < 4.78 is 18.7. The van der Waals surface area contributed by atoms with Crippen LogP contribution >= 0.6 is 0 Å². The first-order chi connectivity index (χ1) is 13.9. The fraction of sp³-hybridized carbons (Fsp3) is 0.167. The predicted molar refractivity (Wildman–Crippen MR) is 109 cm³/mol. The summed E-state index contributed by atoms with van der Waals surface area (Å²) in [6, 6.07) is 21.5. The molecule has 0 aliphatic carbocycles. The summed E-state index contributed by atoms with van der Waals surface area (Å²) in [5, 5.41) is 2.92. The number of hydrogen-bond donors (Lipinski definition) is 1. The molecule has 0 saturated carbocycles. The Balaban J connectivity index is 1.59. The van der Waals surface area contributed by atoms with Gasteiger partial charge < -0.3 is 10.1 Å². The Kier molecular flexibility index (Phi) is 6.39. The molecule has 1 amide bonds. The fourth-order valence-electron chi connectivity index (χ4n) is 2.87. The molecule has 0 heterocycles. The van der Waals surface area contributed by atoms with E-state index in [2.05, 4.69) is 5.32 Å². The maximum Gasteiger partial charge on any atom is 0.261 e. The zero-order valence-electron chi connectivity index (χ0n) is 16.3. The van der Waals surface area contributed by atoms with Gasteiger partial charge in [-0.1, -0.05) is 30.3 Å². The van der Waals surface area contributed by atoms with Crippen LogP contribution in [0.3, 0.4) is 0 Å². The zero-order chi connectivity index (χ0) is 20.8. The summed E-state index contributed by atoms with van der Waals surface area (Å²) in [4.78, 5) is 24.8. The van der Waals surface area contributed by atoms with Gasteiger partial charge in [0.15, 0.2) is 11.9 Å². The van der Waals surface area contributed by atoms with Crippen molar-refractivity contribution in [1.29, 1.82) is 0 Å². The van der Waals surface area contributed by atoms with Crippen LogP contribution in [-0.2, 0) is 4.79 Å². The Morgan fingerprint density at radius 2 is 1.38 bits per heavy atom. The van der Waals surface area contributed by atoms with Crippen LogP contribution in [0.5, 0.6) is 5.75 Å². The van der Waals surface area contributed by atoms with Gasteiger partial charge in [-0.25, -0.2) is 4.39 Å². The maximum absolute atomic E-state index is 13.0. The Labute approximate surface area is 169 Å². The SMILES string of the molecule is CC(Oc1ccc(C(=O)c2ccc(F)cc2)cc1)C(=O)NC(C)c1ccccc1. The summed E-state index contributed by atoms with van der Waals surface area (Å²) in [6.45, 7) is 3.58. The van der Waals surface area contributed by atoms with Gasteiger partial charge >= 0.3 is 0 Å². The summed E-state index contributed by atoms with van der Waals surface area (Å²) in [6.07, 6.45) is -0.695. The Morgan fingerprint density at radius 1 is 0.828 bits per heavy atom. The number of halogens is 1. The van der Waals surface area contributed by atoms with Crippen LogP contribution in [0, 0.1) is 5.82 Å². The van der Waals surface area contributed by atoms with E-state index >= 15 is 0 Å². The van der Waals surface area contributed by atoms with Gasteiger partial charge in [-0.2, -0.15) is 0 Å². The molecule has 2 unspecified atom stereocenters. The monoisotopic (exact) mass is 391 g/mol. The molecule has 3 rings (SSSR count). The molecule has 0 aromatic heterocycles. The lowest BCUT2D eigenvalue weighted by Crippen LogP contribution is -2.37. The number of ether oxygens (including phenoxy) is 1. The summed E-state index contributed by atoms with van der Waals surface area (Å²) >= 11 is 0. The second-order valence-corrected chi connectivity index (χ2v) is 6.76. The van der Waals surface area contributed by atoms with Gasteiger partial charge in [0.25, 0.3) is 5.91 Å². The lowest BCUT2D eigenvalue weighted by Gasteiger charge is -2.19. The third-order valence-corrected chi connectivity index (χ3v) is 4.56. The van der Waals surface area contributed by atoms with Gasteiger partial charge in [0.2, 0.25) is 0 Å². The summed E-state index contributed by atoms with van der Waals surface area (Å²) in [5.41, 5.74) is 1.87. The molecular weight excluding hydrogens is 369 g/mol. The van der Waals surface area contributed by atoms with Crippen molar-refractivity contribution < 1.29 is 18.7 Å². The molecule has 2 atom stereocenters. The van der Waals surface area contributed by atoms with Crippen LogP contribution in [0.15, 0.2) is 78.9 Å². The van der Waals surface area contributed by atoms with Crippen molar-refractivity contribution in [2.24, 2.45) is 0 Å². The predicted octanol–water partition coefficient (Wildman–Crippen LogP) is 4.70. The number of carbonyl (C=O) groups is 2. The van der Waals surface area contributed by atoms with Gasteiger partial charge in [0.05, 0.1) is 6.04 Å². The topological polar surface area (TPSA) is 55.4 Å². The van der Waals surface area contributed by atoms with Crippen molar-refractivity contribution in [3.8, 4) is 5.75 Å². The van der Waals surface area contributed by atoms with E-state index in [-0.39, 0.29) is 23.5 Å². The highest BCUT2D eigenvalue weighted by atomic mass is 19.1. The van der Waals surface area contributed by atoms with Crippen molar-refractivity contribution >= 4 is 11.7 Å². The van der Waals surface area contributed by atoms with Crippen molar-refractivity contribution in [1.82, 2.24) is 5.32 Å². The van der Waals surface area contributed by atoms with Crippen LogP contribution in [0.25, 0.3) is 0 Å². The molecule has 0 fully saturated rings. The van der Waals surface area contributed by atoms with Crippen molar-refractivity contribution in [3.05, 3.63) is 101 Å². The first-order valence-electron chi connectivity index (χ1n) is 9.36. The van der Waals surface area contributed by atoms with Crippen LogP contribution in [-0.4, -0.2) is 17.8 Å². The number of ketones is 1. The van der Waals surface area contributed by atoms with E-state index in [1.54, 1.807) is 31.2 Å². The molecular formula is C24H22FNO3. The molecule has 0 saturated heterocycles. The Hall–Kier alpha value is -3.47. The van der Waals surface area contributed by atoms with E-state index in [0.29, 0.717) is 16.9 Å². The minimum Gasteiger partial charge on any atom is -0.481 e. The smallest absolute Gasteiger partial charge is 0.261 e. The molecule has 148 valence electrons. The summed E-state index contributed by atoms with van der Waals surface area (Å²) in [7, 11) is 0. The van der Waals surface area contributed by atoms with Crippen LogP contribution < -0.4 is 10.1 Å². The van der Waals surface area contributed by atoms with E-state index in [1.165, 1.54) is 24.3 Å². The highest BCUT2D eigenvalue weighted by Crippen LogP contribution is 2.18. The molecule has 0 bridgehead atoms. The second kappa shape index (κ2) is 9.15. The van der Waals surface area contributed by atoms with E-state index in [1.807, 2.05) is 37.3 Å². The molecule has 0 radical (unpaired) electrons. The van der Waals surface area contributed by atoms with Gasteiger partial charge in [0.1, 0.15) is 11.6 Å². The molecule has 0 aliphatic rings. The number of nitrogens with one attached hydrogen (secondary N) is 1. The number of benzene rings is 3. The molecule has 5 heteroatoms.